The van der Waals surface area contributed by atoms with Crippen molar-refractivity contribution < 1.29 is 193 Å². The molecule has 0 saturated carbocycles. The summed E-state index contributed by atoms with van der Waals surface area (Å²) in [4.78, 5) is 80.7. The summed E-state index contributed by atoms with van der Waals surface area (Å²) in [6.07, 6.45) is -24.1. The summed E-state index contributed by atoms with van der Waals surface area (Å²) in [6.45, 7) is -0.659. The highest BCUT2D eigenvalue weighted by Crippen LogP contribution is 2.44. The van der Waals surface area contributed by atoms with E-state index in [1.165, 1.54) is 141 Å². The molecule has 6 aliphatic rings. The molecule has 6 rings (SSSR count). The monoisotopic (exact) mass is 1940 g/mol. The zero-order valence-electron chi connectivity index (χ0n) is 78.9. The van der Waals surface area contributed by atoms with Crippen molar-refractivity contribution in [2.24, 2.45) is 5.92 Å². The number of rotatable bonds is 68. The number of unbranched alkanes of at least 4 members (excludes halogenated alkanes) is 33. The van der Waals surface area contributed by atoms with E-state index in [1.807, 2.05) is 0 Å². The first-order chi connectivity index (χ1) is 64.1. The fourth-order valence-corrected chi connectivity index (χ4v) is 18.7. The van der Waals surface area contributed by atoms with Crippen molar-refractivity contribution in [3.8, 4) is 0 Å². The number of hydrogen-bond donors (Lipinski definition) is 24. The Labute approximate surface area is 786 Å². The molecular weight excluding hydrogens is 1770 g/mol. The minimum Gasteiger partial charge on any atom is -0.477 e. The quantitative estimate of drug-likeness (QED) is 0.0361. The van der Waals surface area contributed by atoms with Gasteiger partial charge in [-0.2, -0.15) is 0 Å². The van der Waals surface area contributed by atoms with Gasteiger partial charge in [0.2, 0.25) is 17.7 Å². The van der Waals surface area contributed by atoms with Gasteiger partial charge in [-0.1, -0.05) is 232 Å². The average molecular weight is 1940 g/mol. The topological polar surface area (TPSA) is 674 Å². The molecule has 782 valence electrons. The summed E-state index contributed by atoms with van der Waals surface area (Å²) in [5.74, 6) is -16.5. The molecule has 134 heavy (non-hydrogen) atoms. The number of carboxylic acid groups (broad SMARTS) is 2. The van der Waals surface area contributed by atoms with Gasteiger partial charge in [-0.3, -0.25) is 14.4 Å². The number of carbonyl (C=O) groups is 6. The molecule has 6 heterocycles. The number of amides is 3. The summed E-state index contributed by atoms with van der Waals surface area (Å²) in [7, 11) is 0. The average Bonchev–Trinajstić information content (AvgIpc) is 0.737. The van der Waals surface area contributed by atoms with Gasteiger partial charge >= 0.3 is 11.9 Å². The third-order valence-electron chi connectivity index (χ3n) is 26.5. The SMILES string of the molecule is CCCCCCCCCCCCCCCCCCCCCCCCC(=O)NC(COC1OC(CO)C(OC2OC(CO)C(OC3OC(CO)C(O)C(OC4OC(CO)C(O)C(O)C4O)C3CC(C)=O)C(OC3(C(=O)O)CC(O)C(NC(C)=O)C(C(O)C(CO)OC4(C(=O)O)CC(O)C(NC(C)=O)C(C(O)C(O)CO)O4)O3)C2O)C(O)C1O)C(O)CCCCCCCCCCCCCCC. The van der Waals surface area contributed by atoms with E-state index >= 15 is 0 Å². The molecule has 6 aliphatic heterocycles. The van der Waals surface area contributed by atoms with E-state index < -0.39 is 308 Å². The van der Waals surface area contributed by atoms with Gasteiger partial charge in [0.15, 0.2) is 25.2 Å². The molecule has 0 bridgehead atoms. The predicted molar refractivity (Wildman–Crippen MR) is 473 cm³/mol. The number of nitrogens with one attached hydrogen (secondary N) is 3. The fraction of sp³-hybridized carbons (Fsp3) is 0.935. The zero-order chi connectivity index (χ0) is 98.8. The maximum Gasteiger partial charge on any atom is 0.364 e. The third kappa shape index (κ3) is 36.3. The number of aliphatic hydroxyl groups excluding tert-OH is 19. The maximum absolute atomic E-state index is 14.5. The largest absolute Gasteiger partial charge is 0.477 e. The lowest BCUT2D eigenvalue weighted by Crippen LogP contribution is -2.72. The van der Waals surface area contributed by atoms with Crippen LogP contribution in [0.1, 0.15) is 291 Å². The Hall–Kier alpha value is -4.22. The van der Waals surface area contributed by atoms with Crippen molar-refractivity contribution >= 4 is 35.4 Å². The normalized spacial score (nSPS) is 33.9. The lowest BCUT2D eigenvalue weighted by molar-refractivity contribution is -0.407. The summed E-state index contributed by atoms with van der Waals surface area (Å²) >= 11 is 0. The number of aliphatic hydroxyl groups is 19. The third-order valence-corrected chi connectivity index (χ3v) is 26.5. The molecule has 42 heteroatoms. The van der Waals surface area contributed by atoms with Crippen LogP contribution in [0.3, 0.4) is 0 Å². The smallest absolute Gasteiger partial charge is 0.364 e. The minimum atomic E-state index is -3.67. The van der Waals surface area contributed by atoms with E-state index in [0.29, 0.717) is 12.8 Å². The highest BCUT2D eigenvalue weighted by Gasteiger charge is 2.64. The standard InChI is InChI=1S/C92H165N3O39/c1-6-8-10-12-14-16-18-20-21-22-23-24-25-26-27-28-30-32-34-36-38-40-42-67(109)95-57(58(105)41-39-37-35-33-31-29-19-17-15-13-11-9-7-2)52-123-86-77(117)75(115)80(65(50-100)126-86)129-88-78(118)84(81(66(51-101)127-88)130-85-56(43-53(3)102)79(72(112)63(48-98)124-85)128-87-76(116)74(114)71(111)62(47-97)125-87)134-92(90(121)122)45-60(107)69(94-55(5)104)83(133-92)73(113)64(49-99)131-91(89(119)120)44-59(106)68(93-54(4)103)82(132-91)70(110)61(108)46-96/h56-66,68-88,96-101,105-108,110-118H,6-52H2,1-5H3,(H,93,103)(H,94,104)(H,95,109)(H,119,120)(H,121,122). The van der Waals surface area contributed by atoms with Crippen LogP contribution in [0.2, 0.25) is 0 Å². The van der Waals surface area contributed by atoms with E-state index in [2.05, 4.69) is 29.8 Å². The Bertz CT molecular complexity index is 3270. The molecule has 42 nitrogen and oxygen atoms in total. The van der Waals surface area contributed by atoms with Crippen LogP contribution in [-0.2, 0) is 85.6 Å². The van der Waals surface area contributed by atoms with Crippen molar-refractivity contribution in [3.05, 3.63) is 0 Å². The van der Waals surface area contributed by atoms with E-state index in [0.717, 1.165) is 91.4 Å². The second-order valence-corrected chi connectivity index (χ2v) is 37.4. The lowest BCUT2D eigenvalue weighted by atomic mass is 9.86. The van der Waals surface area contributed by atoms with Gasteiger partial charge in [-0.05, 0) is 19.8 Å². The number of aliphatic carboxylic acids is 2. The summed E-state index contributed by atoms with van der Waals surface area (Å²) < 4.78 is 72.7. The Morgan fingerprint density at radius 2 is 0.784 bits per heavy atom. The lowest BCUT2D eigenvalue weighted by Gasteiger charge is -2.53. The number of hydrogen-bond acceptors (Lipinski definition) is 37. The molecule has 0 radical (unpaired) electrons. The van der Waals surface area contributed by atoms with Crippen molar-refractivity contribution in [2.45, 2.75) is 493 Å². The van der Waals surface area contributed by atoms with Crippen LogP contribution in [0.4, 0.5) is 0 Å². The first kappa shape index (κ1) is 118. The molecule has 0 aliphatic carbocycles. The van der Waals surface area contributed by atoms with E-state index in [9.17, 15) is 136 Å². The highest BCUT2D eigenvalue weighted by molar-refractivity contribution is 5.78. The maximum atomic E-state index is 14.5. The molecule has 6 fully saturated rings. The molecule has 34 atom stereocenters. The molecule has 6 saturated heterocycles. The number of carbonyl (C=O) groups excluding carboxylic acids is 4. The Morgan fingerprint density at radius 1 is 0.396 bits per heavy atom. The molecular formula is C92H165N3O39. The van der Waals surface area contributed by atoms with E-state index in [1.54, 1.807) is 0 Å². The van der Waals surface area contributed by atoms with Crippen LogP contribution < -0.4 is 16.0 Å². The zero-order valence-corrected chi connectivity index (χ0v) is 78.9. The summed E-state index contributed by atoms with van der Waals surface area (Å²) in [6, 6.07) is -5.01. The van der Waals surface area contributed by atoms with Crippen LogP contribution in [0.25, 0.3) is 0 Å². The molecule has 3 amide bonds. The van der Waals surface area contributed by atoms with Crippen LogP contribution in [-0.4, -0.2) is 390 Å². The molecule has 0 aromatic heterocycles. The van der Waals surface area contributed by atoms with E-state index in [-0.39, 0.29) is 12.8 Å². The number of Topliss-reactive ketones (excluding diaryl/α,β-unsaturated/α-hetero) is 1. The predicted octanol–water partition coefficient (Wildman–Crippen LogP) is 0.177. The van der Waals surface area contributed by atoms with Crippen molar-refractivity contribution in [1.82, 2.24) is 16.0 Å². The van der Waals surface area contributed by atoms with Crippen molar-refractivity contribution in [1.29, 1.82) is 0 Å². The number of carboxylic acids is 2. The first-order valence-corrected chi connectivity index (χ1v) is 49.3. The molecule has 24 N–H and O–H groups in total. The minimum absolute atomic E-state index is 0.113. The van der Waals surface area contributed by atoms with Gasteiger partial charge in [0, 0.05) is 45.4 Å². The van der Waals surface area contributed by atoms with Crippen LogP contribution in [0, 0.1) is 5.92 Å². The van der Waals surface area contributed by atoms with Gasteiger partial charge in [-0.15, -0.1) is 0 Å². The fourth-order valence-electron chi connectivity index (χ4n) is 18.7. The van der Waals surface area contributed by atoms with Crippen LogP contribution in [0.15, 0.2) is 0 Å². The van der Waals surface area contributed by atoms with Gasteiger partial charge in [-0.25, -0.2) is 9.59 Å². The Balaban J connectivity index is 1.27. The van der Waals surface area contributed by atoms with Gasteiger partial charge < -0.3 is 185 Å². The molecule has 0 spiro atoms. The first-order valence-electron chi connectivity index (χ1n) is 49.3. The van der Waals surface area contributed by atoms with Crippen LogP contribution in [0.5, 0.6) is 0 Å². The summed E-state index contributed by atoms with van der Waals surface area (Å²) in [5.41, 5.74) is 0. The van der Waals surface area contributed by atoms with Gasteiger partial charge in [0.1, 0.15) is 128 Å². The number of ketones is 1. The van der Waals surface area contributed by atoms with Gasteiger partial charge in [0.05, 0.1) is 88.8 Å². The Kier molecular flexibility index (Phi) is 55.0. The van der Waals surface area contributed by atoms with E-state index in [4.69, 9.17) is 56.8 Å². The molecule has 34 unspecified atom stereocenters. The van der Waals surface area contributed by atoms with Crippen molar-refractivity contribution in [3.63, 3.8) is 0 Å². The van der Waals surface area contributed by atoms with Crippen molar-refractivity contribution in [2.75, 3.05) is 46.2 Å². The second kappa shape index (κ2) is 62.3. The molecule has 0 aromatic rings. The second-order valence-electron chi connectivity index (χ2n) is 37.4. The van der Waals surface area contributed by atoms with Gasteiger partial charge in [0.25, 0.3) is 11.6 Å². The molecule has 0 aromatic carbocycles. The highest BCUT2D eigenvalue weighted by atomic mass is 16.8. The summed E-state index contributed by atoms with van der Waals surface area (Å²) in [5, 5.41) is 246. The number of ether oxygens (including phenoxy) is 12. The Morgan fingerprint density at radius 3 is 1.23 bits per heavy atom. The van der Waals surface area contributed by atoms with Crippen LogP contribution >= 0.6 is 0 Å².